The first-order valence-corrected chi connectivity index (χ1v) is 4.83. The molecule has 4 nitrogen and oxygen atoms in total. The number of hydrogen-bond donors (Lipinski definition) is 0. The normalized spacial score (nSPS) is 10.9. The second kappa shape index (κ2) is 3.73. The Bertz CT molecular complexity index is 497. The minimum atomic E-state index is -0.413. The van der Waals surface area contributed by atoms with Crippen LogP contribution in [0.3, 0.4) is 0 Å². The van der Waals surface area contributed by atoms with Gasteiger partial charge in [-0.3, -0.25) is 0 Å². The highest BCUT2D eigenvalue weighted by Crippen LogP contribution is 2.14. The first-order chi connectivity index (χ1) is 7.18. The summed E-state index contributed by atoms with van der Waals surface area (Å²) < 4.78 is 6.39. The van der Waals surface area contributed by atoms with Gasteiger partial charge in [-0.1, -0.05) is 18.2 Å². The van der Waals surface area contributed by atoms with Gasteiger partial charge >= 0.3 is 5.76 Å². The molecule has 4 heteroatoms. The zero-order chi connectivity index (χ0) is 10.8. The van der Waals surface area contributed by atoms with Gasteiger partial charge in [0.25, 0.3) is 0 Å². The average Bonchev–Trinajstić information content (AvgIpc) is 2.62. The fourth-order valence-electron chi connectivity index (χ4n) is 1.31. The van der Waals surface area contributed by atoms with Crippen LogP contribution in [0.4, 0.5) is 0 Å². The summed E-state index contributed by atoms with van der Waals surface area (Å²) in [4.78, 5) is 11.4. The quantitative estimate of drug-likeness (QED) is 0.752. The maximum atomic E-state index is 11.4. The van der Waals surface area contributed by atoms with Gasteiger partial charge in [0, 0.05) is 5.56 Å². The van der Waals surface area contributed by atoms with Crippen LogP contribution < -0.4 is 5.76 Å². The van der Waals surface area contributed by atoms with Crippen LogP contribution >= 0.6 is 0 Å². The lowest BCUT2D eigenvalue weighted by atomic mass is 10.2. The van der Waals surface area contributed by atoms with Gasteiger partial charge in [-0.05, 0) is 26.0 Å². The molecule has 1 aromatic heterocycles. The molecule has 0 spiro atoms. The van der Waals surface area contributed by atoms with E-state index in [2.05, 4.69) is 5.10 Å². The van der Waals surface area contributed by atoms with Crippen molar-refractivity contribution in [3.63, 3.8) is 0 Å². The van der Waals surface area contributed by atoms with Gasteiger partial charge in [0.15, 0.2) is 0 Å². The Morgan fingerprint density at radius 1 is 1.27 bits per heavy atom. The van der Waals surface area contributed by atoms with Crippen molar-refractivity contribution in [1.82, 2.24) is 9.78 Å². The first-order valence-electron chi connectivity index (χ1n) is 4.83. The first kappa shape index (κ1) is 9.71. The summed E-state index contributed by atoms with van der Waals surface area (Å²) in [5, 5.41) is 4.12. The van der Waals surface area contributed by atoms with Gasteiger partial charge in [-0.25, -0.2) is 4.79 Å². The fourth-order valence-corrected chi connectivity index (χ4v) is 1.31. The summed E-state index contributed by atoms with van der Waals surface area (Å²) in [6, 6.07) is 9.39. The van der Waals surface area contributed by atoms with Crippen molar-refractivity contribution in [3.05, 3.63) is 40.9 Å². The largest absolute Gasteiger partial charge is 0.437 e. The summed E-state index contributed by atoms with van der Waals surface area (Å²) in [7, 11) is 0. The van der Waals surface area contributed by atoms with Crippen LogP contribution in [0.15, 0.2) is 39.5 Å². The minimum absolute atomic E-state index is 0.0127. The highest BCUT2D eigenvalue weighted by atomic mass is 16.4. The van der Waals surface area contributed by atoms with Crippen LogP contribution in [0.25, 0.3) is 11.5 Å². The van der Waals surface area contributed by atoms with Crippen molar-refractivity contribution in [1.29, 1.82) is 0 Å². The van der Waals surface area contributed by atoms with Gasteiger partial charge in [-0.15, -0.1) is 5.10 Å². The number of hydrogen-bond acceptors (Lipinski definition) is 3. The van der Waals surface area contributed by atoms with E-state index in [-0.39, 0.29) is 6.04 Å². The van der Waals surface area contributed by atoms with E-state index in [0.29, 0.717) is 5.89 Å². The second-order valence-electron chi connectivity index (χ2n) is 3.58. The molecule has 0 amide bonds. The monoisotopic (exact) mass is 204 g/mol. The summed E-state index contributed by atoms with van der Waals surface area (Å²) >= 11 is 0. The molecule has 0 N–H and O–H groups in total. The van der Waals surface area contributed by atoms with E-state index in [4.69, 9.17) is 4.42 Å². The lowest BCUT2D eigenvalue weighted by Crippen LogP contribution is -2.17. The summed E-state index contributed by atoms with van der Waals surface area (Å²) in [6.07, 6.45) is 0. The van der Waals surface area contributed by atoms with Crippen molar-refractivity contribution in [2.24, 2.45) is 0 Å². The molecule has 1 aromatic carbocycles. The molecular formula is C11H12N2O2. The van der Waals surface area contributed by atoms with Crippen LogP contribution in [0, 0.1) is 0 Å². The van der Waals surface area contributed by atoms with Crippen molar-refractivity contribution in [2.75, 3.05) is 0 Å². The number of rotatable bonds is 2. The Balaban J connectivity index is 2.48. The Kier molecular flexibility index (Phi) is 2.41. The molecule has 0 aliphatic carbocycles. The number of aromatic nitrogens is 2. The predicted molar refractivity (Wildman–Crippen MR) is 56.6 cm³/mol. The number of benzene rings is 1. The maximum absolute atomic E-state index is 11.4. The molecule has 0 saturated heterocycles. The van der Waals surface area contributed by atoms with E-state index in [9.17, 15) is 4.79 Å². The molecule has 15 heavy (non-hydrogen) atoms. The van der Waals surface area contributed by atoms with Crippen LogP contribution in [0.5, 0.6) is 0 Å². The number of nitrogens with zero attached hydrogens (tertiary/aromatic N) is 2. The lowest BCUT2D eigenvalue weighted by Gasteiger charge is -1.99. The van der Waals surface area contributed by atoms with Crippen molar-refractivity contribution >= 4 is 0 Å². The highest BCUT2D eigenvalue weighted by Gasteiger charge is 2.11. The molecule has 1 heterocycles. The highest BCUT2D eigenvalue weighted by molar-refractivity contribution is 5.51. The zero-order valence-corrected chi connectivity index (χ0v) is 8.68. The molecule has 0 radical (unpaired) electrons. The minimum Gasteiger partial charge on any atom is -0.388 e. The van der Waals surface area contributed by atoms with E-state index >= 15 is 0 Å². The molecule has 0 aliphatic rings. The smallest absolute Gasteiger partial charge is 0.388 e. The van der Waals surface area contributed by atoms with Crippen LogP contribution in [0.1, 0.15) is 19.9 Å². The molecule has 0 atom stereocenters. The van der Waals surface area contributed by atoms with Gasteiger partial charge in [0.1, 0.15) is 0 Å². The van der Waals surface area contributed by atoms with Gasteiger partial charge in [0.2, 0.25) is 5.89 Å². The van der Waals surface area contributed by atoms with E-state index in [1.165, 1.54) is 4.68 Å². The molecule has 2 aromatic rings. The molecule has 0 aliphatic heterocycles. The molecule has 0 bridgehead atoms. The second-order valence-corrected chi connectivity index (χ2v) is 3.58. The van der Waals surface area contributed by atoms with Crippen molar-refractivity contribution in [3.8, 4) is 11.5 Å². The molecule has 78 valence electrons. The third-order valence-corrected chi connectivity index (χ3v) is 2.08. The SMILES string of the molecule is CC(C)n1nc(-c2ccccc2)oc1=O. The fraction of sp³-hybridized carbons (Fsp3) is 0.273. The van der Waals surface area contributed by atoms with Gasteiger partial charge < -0.3 is 4.42 Å². The van der Waals surface area contributed by atoms with Crippen LogP contribution in [-0.2, 0) is 0 Å². The van der Waals surface area contributed by atoms with Crippen LogP contribution in [-0.4, -0.2) is 9.78 Å². The molecular weight excluding hydrogens is 192 g/mol. The third-order valence-electron chi connectivity index (χ3n) is 2.08. The zero-order valence-electron chi connectivity index (χ0n) is 8.68. The van der Waals surface area contributed by atoms with Crippen molar-refractivity contribution < 1.29 is 4.42 Å². The third kappa shape index (κ3) is 1.83. The molecule has 2 rings (SSSR count). The van der Waals surface area contributed by atoms with Crippen molar-refractivity contribution in [2.45, 2.75) is 19.9 Å². The van der Waals surface area contributed by atoms with Gasteiger partial charge in [0.05, 0.1) is 6.04 Å². The topological polar surface area (TPSA) is 48.0 Å². The Labute approximate surface area is 87.2 Å². The van der Waals surface area contributed by atoms with E-state index < -0.39 is 5.76 Å². The Morgan fingerprint density at radius 3 is 2.47 bits per heavy atom. The van der Waals surface area contributed by atoms with E-state index in [1.807, 2.05) is 44.2 Å². The summed E-state index contributed by atoms with van der Waals surface area (Å²) in [6.45, 7) is 3.78. The summed E-state index contributed by atoms with van der Waals surface area (Å²) in [5.41, 5.74) is 0.814. The van der Waals surface area contributed by atoms with E-state index in [1.54, 1.807) is 0 Å². The molecule has 0 saturated carbocycles. The summed E-state index contributed by atoms with van der Waals surface area (Å²) in [5.74, 6) is -0.0434. The van der Waals surface area contributed by atoms with Crippen LogP contribution in [0.2, 0.25) is 0 Å². The Hall–Kier alpha value is -1.84. The standard InChI is InChI=1S/C11H12N2O2/c1-8(2)13-11(14)15-10(12-13)9-6-4-3-5-7-9/h3-8H,1-2H3. The average molecular weight is 204 g/mol. The Morgan fingerprint density at radius 2 is 1.93 bits per heavy atom. The molecule has 0 unspecified atom stereocenters. The predicted octanol–water partition coefficient (Wildman–Crippen LogP) is 2.08. The molecule has 0 fully saturated rings. The van der Waals surface area contributed by atoms with Gasteiger partial charge in [-0.2, -0.15) is 4.68 Å². The van der Waals surface area contributed by atoms with E-state index in [0.717, 1.165) is 5.56 Å². The lowest BCUT2D eigenvalue weighted by molar-refractivity contribution is 0.449. The maximum Gasteiger partial charge on any atom is 0.437 e.